The normalized spacial score (nSPS) is 20.3. The van der Waals surface area contributed by atoms with Gasteiger partial charge in [0.15, 0.2) is 8.32 Å². The number of esters is 2. The van der Waals surface area contributed by atoms with Crippen LogP contribution >= 0.6 is 11.8 Å². The largest absolute Gasteiger partial charge is 0.460 e. The Balaban J connectivity index is 1.50. The van der Waals surface area contributed by atoms with Crippen molar-refractivity contribution in [3.05, 3.63) is 90.5 Å². The average Bonchev–Trinajstić information content (AvgIpc) is 3.28. The number of amides is 1. The number of hydrogen-bond donors (Lipinski definition) is 1. The van der Waals surface area contributed by atoms with Gasteiger partial charge >= 0.3 is 11.9 Å². The molecule has 0 saturated carbocycles. The van der Waals surface area contributed by atoms with Gasteiger partial charge in [0.1, 0.15) is 25.0 Å². The number of nitro groups is 2. The highest BCUT2D eigenvalue weighted by atomic mass is 32.2. The molecule has 0 aliphatic carbocycles. The third-order valence-corrected chi connectivity index (χ3v) is 15.3. The monoisotopic (exact) mass is 714 g/mol. The molecule has 4 rings (SSSR count). The molecule has 2 N–H and O–H groups in total. The molecule has 1 saturated heterocycles. The minimum atomic E-state index is -2.23. The summed E-state index contributed by atoms with van der Waals surface area (Å²) in [5.74, 6) is -2.47. The van der Waals surface area contributed by atoms with Crippen molar-refractivity contribution in [2.75, 3.05) is 5.75 Å². The summed E-state index contributed by atoms with van der Waals surface area (Å²) in [6.07, 6.45) is -0.407. The quantitative estimate of drug-likeness (QED) is 0.0856. The van der Waals surface area contributed by atoms with E-state index < -0.39 is 48.2 Å². The maximum Gasteiger partial charge on any atom is 0.356 e. The van der Waals surface area contributed by atoms with Gasteiger partial charge in [0.25, 0.3) is 11.4 Å². The Morgan fingerprint density at radius 2 is 1.45 bits per heavy atom. The molecule has 2 aliphatic heterocycles. The number of thioether (sulfide) groups is 1. The van der Waals surface area contributed by atoms with Crippen molar-refractivity contribution in [3.63, 3.8) is 0 Å². The van der Waals surface area contributed by atoms with Gasteiger partial charge in [0.05, 0.1) is 27.9 Å². The minimum Gasteiger partial charge on any atom is -0.460 e. The smallest absolute Gasteiger partial charge is 0.356 e. The zero-order valence-electron chi connectivity index (χ0n) is 28.5. The molecular formula is C33H42N4O10SSi. The lowest BCUT2D eigenvalue weighted by molar-refractivity contribution is -0.385. The molecule has 1 amide bonds. The van der Waals surface area contributed by atoms with E-state index in [1.807, 2.05) is 13.8 Å². The summed E-state index contributed by atoms with van der Waals surface area (Å²) in [6, 6.07) is 9.74. The number of non-ortho nitro benzene ring substituents is 2. The van der Waals surface area contributed by atoms with Crippen LogP contribution < -0.4 is 5.73 Å². The zero-order chi connectivity index (χ0) is 36.4. The van der Waals surface area contributed by atoms with Crippen LogP contribution in [0, 0.1) is 32.1 Å². The Kier molecular flexibility index (Phi) is 11.4. The first-order chi connectivity index (χ1) is 22.8. The summed E-state index contributed by atoms with van der Waals surface area (Å²) in [5, 5.41) is 21.8. The van der Waals surface area contributed by atoms with Crippen LogP contribution in [0.25, 0.3) is 0 Å². The van der Waals surface area contributed by atoms with Crippen LogP contribution in [0.1, 0.15) is 45.7 Å². The standard InChI is InChI=1S/C33H42N4O10SSi/c1-19-27-26(20(2)47-49(6,7)33(3,4)5)30(38)35(27)28(32(40)46-17-22-10-14-24(15-11-22)37(43)44)29(19)48-18-25(34)31(39)45-16-21-8-12-23(13-9-21)36(41)42/h8-15,19-20,25-27H,16-18,34H2,1-7H3/t19-,20-,25?,26-,27-/m1/s1. The average molecular weight is 715 g/mol. The molecule has 0 aromatic heterocycles. The van der Waals surface area contributed by atoms with Gasteiger partial charge in [-0.15, -0.1) is 11.8 Å². The van der Waals surface area contributed by atoms with Crippen molar-refractivity contribution < 1.29 is 38.1 Å². The molecule has 2 aliphatic rings. The molecule has 2 aromatic carbocycles. The number of β-lactam (4-membered cyclic amide) rings is 1. The number of fused-ring (bicyclic) bond motifs is 1. The van der Waals surface area contributed by atoms with E-state index in [0.717, 1.165) is 0 Å². The van der Waals surface area contributed by atoms with Crippen molar-refractivity contribution >= 4 is 49.3 Å². The zero-order valence-corrected chi connectivity index (χ0v) is 30.4. The highest BCUT2D eigenvalue weighted by molar-refractivity contribution is 8.03. The van der Waals surface area contributed by atoms with Gasteiger partial charge in [0, 0.05) is 40.8 Å². The van der Waals surface area contributed by atoms with Gasteiger partial charge in [-0.25, -0.2) is 4.79 Å². The van der Waals surface area contributed by atoms with Gasteiger partial charge in [-0.05, 0) is 60.4 Å². The van der Waals surface area contributed by atoms with Crippen LogP contribution in [0.2, 0.25) is 18.1 Å². The Hall–Kier alpha value is -4.12. The third-order valence-electron chi connectivity index (χ3n) is 9.34. The first kappa shape index (κ1) is 37.7. The summed E-state index contributed by atoms with van der Waals surface area (Å²) in [4.78, 5) is 63.0. The number of nitro benzene ring substituents is 2. The molecule has 1 unspecified atom stereocenters. The molecule has 1 fully saturated rings. The van der Waals surface area contributed by atoms with E-state index in [9.17, 15) is 34.6 Å². The number of carbonyl (C=O) groups is 3. The second kappa shape index (κ2) is 14.8. The third kappa shape index (κ3) is 8.20. The molecule has 264 valence electrons. The first-order valence-corrected chi connectivity index (χ1v) is 19.7. The van der Waals surface area contributed by atoms with Crippen molar-refractivity contribution in [2.24, 2.45) is 17.6 Å². The number of hydrogen-bond acceptors (Lipinski definition) is 12. The second-order valence-corrected chi connectivity index (χ2v) is 19.6. The lowest BCUT2D eigenvalue weighted by Gasteiger charge is -2.50. The second-order valence-electron chi connectivity index (χ2n) is 13.8. The number of carbonyl (C=O) groups excluding carboxylic acids is 3. The highest BCUT2D eigenvalue weighted by Crippen LogP contribution is 2.52. The van der Waals surface area contributed by atoms with Crippen LogP contribution in [0.3, 0.4) is 0 Å². The molecule has 14 nitrogen and oxygen atoms in total. The number of nitrogens with zero attached hydrogens (tertiary/aromatic N) is 3. The predicted molar refractivity (Wildman–Crippen MR) is 184 cm³/mol. The lowest BCUT2D eigenvalue weighted by atomic mass is 9.79. The molecule has 0 radical (unpaired) electrons. The molecule has 5 atom stereocenters. The van der Waals surface area contributed by atoms with Gasteiger partial charge in [-0.3, -0.25) is 29.8 Å². The van der Waals surface area contributed by atoms with Crippen LogP contribution in [-0.2, 0) is 41.5 Å². The topological polar surface area (TPSA) is 194 Å². The van der Waals surface area contributed by atoms with E-state index >= 15 is 0 Å². The number of nitrogens with two attached hydrogens (primary N) is 1. The maximum atomic E-state index is 13.7. The Labute approximate surface area is 289 Å². The van der Waals surface area contributed by atoms with E-state index in [2.05, 4.69) is 33.9 Å². The predicted octanol–water partition coefficient (Wildman–Crippen LogP) is 5.45. The highest BCUT2D eigenvalue weighted by Gasteiger charge is 2.61. The van der Waals surface area contributed by atoms with Crippen molar-refractivity contribution in [3.8, 4) is 0 Å². The molecule has 2 heterocycles. The Morgan fingerprint density at radius 1 is 0.959 bits per heavy atom. The summed E-state index contributed by atoms with van der Waals surface area (Å²) < 4.78 is 17.5. The van der Waals surface area contributed by atoms with E-state index in [0.29, 0.717) is 16.0 Å². The van der Waals surface area contributed by atoms with Crippen LogP contribution in [0.15, 0.2) is 59.1 Å². The van der Waals surface area contributed by atoms with Gasteiger partial charge in [-0.2, -0.15) is 0 Å². The van der Waals surface area contributed by atoms with Crippen LogP contribution in [0.4, 0.5) is 11.4 Å². The Bertz CT molecular complexity index is 1640. The summed E-state index contributed by atoms with van der Waals surface area (Å²) >= 11 is 1.18. The fraction of sp³-hybridized carbons (Fsp3) is 0.485. The van der Waals surface area contributed by atoms with Gasteiger partial charge in [-0.1, -0.05) is 27.7 Å². The van der Waals surface area contributed by atoms with Crippen LogP contribution in [-0.4, -0.2) is 64.9 Å². The fourth-order valence-electron chi connectivity index (χ4n) is 5.56. The molecule has 2 aromatic rings. The molecule has 49 heavy (non-hydrogen) atoms. The van der Waals surface area contributed by atoms with E-state index in [1.165, 1.54) is 65.2 Å². The fourth-order valence-corrected chi connectivity index (χ4v) is 8.21. The molecule has 16 heteroatoms. The number of rotatable bonds is 14. The van der Waals surface area contributed by atoms with Crippen molar-refractivity contribution in [2.45, 2.75) is 84.2 Å². The molecule has 0 bridgehead atoms. The first-order valence-electron chi connectivity index (χ1n) is 15.8. The molecule has 0 spiro atoms. The lowest BCUT2D eigenvalue weighted by Crippen LogP contribution is -2.65. The van der Waals surface area contributed by atoms with Crippen LogP contribution in [0.5, 0.6) is 0 Å². The maximum absolute atomic E-state index is 13.7. The van der Waals surface area contributed by atoms with Crippen molar-refractivity contribution in [1.82, 2.24) is 4.90 Å². The van der Waals surface area contributed by atoms with E-state index in [-0.39, 0.29) is 58.9 Å². The SMILES string of the molecule is C[C@@H](O[Si](C)(C)C(C)(C)C)[C@H]1C(=O)N2C(C(=O)OCc3ccc([N+](=O)[O-])cc3)=C(SCC(N)C(=O)OCc3ccc([N+](=O)[O-])cc3)[C@H](C)[C@H]12. The summed E-state index contributed by atoms with van der Waals surface area (Å²) in [6.45, 7) is 14.1. The number of ether oxygens (including phenoxy) is 2. The Morgan fingerprint density at radius 3 is 1.92 bits per heavy atom. The van der Waals surface area contributed by atoms with Gasteiger partial charge < -0.3 is 24.5 Å². The minimum absolute atomic E-state index is 0.0351. The molecular weight excluding hydrogens is 673 g/mol. The van der Waals surface area contributed by atoms with Crippen molar-refractivity contribution in [1.29, 1.82) is 0 Å². The number of benzene rings is 2. The van der Waals surface area contributed by atoms with Gasteiger partial charge in [0.2, 0.25) is 5.91 Å². The summed E-state index contributed by atoms with van der Waals surface area (Å²) in [5.41, 5.74) is 7.16. The van der Waals surface area contributed by atoms with E-state index in [1.54, 1.807) is 0 Å². The summed E-state index contributed by atoms with van der Waals surface area (Å²) in [7, 11) is -2.23. The van der Waals surface area contributed by atoms with E-state index in [4.69, 9.17) is 19.6 Å².